The van der Waals surface area contributed by atoms with Gasteiger partial charge >= 0.3 is 6.09 Å². The van der Waals surface area contributed by atoms with E-state index < -0.39 is 0 Å². The highest BCUT2D eigenvalue weighted by molar-refractivity contribution is 5.71. The largest absolute Gasteiger partial charge is 0.415 e. The van der Waals surface area contributed by atoms with E-state index in [9.17, 15) is 4.79 Å². The Morgan fingerprint density at radius 2 is 2.24 bits per heavy atom. The Balaban J connectivity index is 1.99. The molecule has 0 saturated carbocycles. The van der Waals surface area contributed by atoms with Crippen molar-refractivity contribution in [1.29, 1.82) is 0 Å². The van der Waals surface area contributed by atoms with Gasteiger partial charge in [0.15, 0.2) is 0 Å². The standard InChI is InChI=1S/C13H18N2O2/c1-10-5-2-3-7-12(10)17-13(16)15-8-4-6-11(14)9-15/h2-3,5,7,11H,4,6,8-9,14H2,1H3. The van der Waals surface area contributed by atoms with Crippen LogP contribution < -0.4 is 10.5 Å². The average molecular weight is 234 g/mol. The van der Waals surface area contributed by atoms with Crippen LogP contribution in [0.3, 0.4) is 0 Å². The molecule has 1 aromatic rings. The first-order valence-corrected chi connectivity index (χ1v) is 5.95. The minimum atomic E-state index is -0.297. The highest BCUT2D eigenvalue weighted by atomic mass is 16.6. The monoisotopic (exact) mass is 234 g/mol. The van der Waals surface area contributed by atoms with Crippen molar-refractivity contribution in [3.8, 4) is 5.75 Å². The number of aryl methyl sites for hydroxylation is 1. The molecule has 1 unspecified atom stereocenters. The van der Waals surface area contributed by atoms with Gasteiger partial charge in [-0.15, -0.1) is 0 Å². The lowest BCUT2D eigenvalue weighted by molar-refractivity contribution is 0.137. The summed E-state index contributed by atoms with van der Waals surface area (Å²) in [5, 5.41) is 0. The summed E-state index contributed by atoms with van der Waals surface area (Å²) in [6.07, 6.45) is 1.63. The van der Waals surface area contributed by atoms with E-state index in [4.69, 9.17) is 10.5 Å². The van der Waals surface area contributed by atoms with Crippen LogP contribution in [0.2, 0.25) is 0 Å². The van der Waals surface area contributed by atoms with Crippen LogP contribution in [0.25, 0.3) is 0 Å². The van der Waals surface area contributed by atoms with Crippen molar-refractivity contribution in [2.75, 3.05) is 13.1 Å². The second-order valence-electron chi connectivity index (χ2n) is 4.48. The number of hydrogen-bond acceptors (Lipinski definition) is 3. The van der Waals surface area contributed by atoms with Crippen LogP contribution in [0.5, 0.6) is 5.75 Å². The first kappa shape index (κ1) is 11.9. The number of nitrogens with two attached hydrogens (primary N) is 1. The van der Waals surface area contributed by atoms with Crippen molar-refractivity contribution < 1.29 is 9.53 Å². The van der Waals surface area contributed by atoms with E-state index >= 15 is 0 Å². The molecular formula is C13H18N2O2. The molecule has 0 aliphatic carbocycles. The van der Waals surface area contributed by atoms with E-state index in [0.717, 1.165) is 24.9 Å². The van der Waals surface area contributed by atoms with Gasteiger partial charge in [0.25, 0.3) is 0 Å². The number of benzene rings is 1. The summed E-state index contributed by atoms with van der Waals surface area (Å²) in [6, 6.07) is 7.58. The number of carbonyl (C=O) groups is 1. The predicted molar refractivity (Wildman–Crippen MR) is 66.0 cm³/mol. The fourth-order valence-corrected chi connectivity index (χ4v) is 2.01. The summed E-state index contributed by atoms with van der Waals surface area (Å²) < 4.78 is 5.36. The fourth-order valence-electron chi connectivity index (χ4n) is 2.01. The molecule has 92 valence electrons. The van der Waals surface area contributed by atoms with Crippen LogP contribution in [-0.4, -0.2) is 30.1 Å². The molecule has 1 fully saturated rings. The number of hydrogen-bond donors (Lipinski definition) is 1. The molecule has 0 aromatic heterocycles. The first-order chi connectivity index (χ1) is 8.16. The van der Waals surface area contributed by atoms with Crippen molar-refractivity contribution >= 4 is 6.09 Å². The van der Waals surface area contributed by atoms with Crippen molar-refractivity contribution in [1.82, 2.24) is 4.90 Å². The lowest BCUT2D eigenvalue weighted by atomic mass is 10.1. The highest BCUT2D eigenvalue weighted by Crippen LogP contribution is 2.18. The number of para-hydroxylation sites is 1. The molecule has 2 N–H and O–H groups in total. The highest BCUT2D eigenvalue weighted by Gasteiger charge is 2.22. The zero-order valence-electron chi connectivity index (χ0n) is 10.1. The van der Waals surface area contributed by atoms with Crippen LogP contribution in [0, 0.1) is 6.92 Å². The summed E-state index contributed by atoms with van der Waals surface area (Å²) >= 11 is 0. The summed E-state index contributed by atoms with van der Waals surface area (Å²) in [5.74, 6) is 0.622. The average Bonchev–Trinajstić information content (AvgIpc) is 2.32. The summed E-state index contributed by atoms with van der Waals surface area (Å²) in [5.41, 5.74) is 6.80. The lowest BCUT2D eigenvalue weighted by Gasteiger charge is -2.29. The maximum absolute atomic E-state index is 11.9. The molecule has 4 nitrogen and oxygen atoms in total. The first-order valence-electron chi connectivity index (χ1n) is 5.95. The molecule has 0 spiro atoms. The van der Waals surface area contributed by atoms with Gasteiger partial charge in [-0.25, -0.2) is 4.79 Å². The molecule has 2 rings (SSSR count). The van der Waals surface area contributed by atoms with Crippen LogP contribution in [0.15, 0.2) is 24.3 Å². The molecule has 0 bridgehead atoms. The molecule has 0 radical (unpaired) electrons. The molecule has 1 atom stereocenters. The van der Waals surface area contributed by atoms with Gasteiger partial charge in [0.2, 0.25) is 0 Å². The van der Waals surface area contributed by atoms with Gasteiger partial charge in [-0.1, -0.05) is 18.2 Å². The Kier molecular flexibility index (Phi) is 3.64. The van der Waals surface area contributed by atoms with E-state index in [0.29, 0.717) is 12.3 Å². The summed E-state index contributed by atoms with van der Waals surface area (Å²) in [7, 11) is 0. The summed E-state index contributed by atoms with van der Waals surface area (Å²) in [6.45, 7) is 3.24. The van der Waals surface area contributed by atoms with Gasteiger partial charge in [-0.05, 0) is 31.4 Å². The van der Waals surface area contributed by atoms with Gasteiger partial charge in [0.1, 0.15) is 5.75 Å². The second kappa shape index (κ2) is 5.19. The number of piperidine rings is 1. The molecule has 1 aromatic carbocycles. The second-order valence-corrected chi connectivity index (χ2v) is 4.48. The van der Waals surface area contributed by atoms with Crippen molar-refractivity contribution in [3.63, 3.8) is 0 Å². The molecule has 4 heteroatoms. The van der Waals surface area contributed by atoms with E-state index in [2.05, 4.69) is 0 Å². The van der Waals surface area contributed by atoms with Crippen LogP contribution in [0.1, 0.15) is 18.4 Å². The number of rotatable bonds is 1. The van der Waals surface area contributed by atoms with E-state index in [-0.39, 0.29) is 12.1 Å². The van der Waals surface area contributed by atoms with Crippen molar-refractivity contribution in [2.24, 2.45) is 5.73 Å². The third kappa shape index (κ3) is 2.97. The maximum Gasteiger partial charge on any atom is 0.415 e. The van der Waals surface area contributed by atoms with E-state index in [1.54, 1.807) is 11.0 Å². The Labute approximate surface area is 101 Å². The molecule has 1 aliphatic heterocycles. The molecule has 1 aliphatic rings. The van der Waals surface area contributed by atoms with Crippen molar-refractivity contribution in [3.05, 3.63) is 29.8 Å². The summed E-state index contributed by atoms with van der Waals surface area (Å²) in [4.78, 5) is 13.6. The quantitative estimate of drug-likeness (QED) is 0.807. The van der Waals surface area contributed by atoms with Crippen LogP contribution in [-0.2, 0) is 0 Å². The van der Waals surface area contributed by atoms with Gasteiger partial charge in [0, 0.05) is 19.1 Å². The molecule has 1 heterocycles. The Morgan fingerprint density at radius 3 is 2.94 bits per heavy atom. The van der Waals surface area contributed by atoms with Crippen molar-refractivity contribution in [2.45, 2.75) is 25.8 Å². The Hall–Kier alpha value is -1.55. The SMILES string of the molecule is Cc1ccccc1OC(=O)N1CCCC(N)C1. The van der Waals surface area contributed by atoms with Gasteiger partial charge in [-0.3, -0.25) is 0 Å². The predicted octanol–water partition coefficient (Wildman–Crippen LogP) is 1.92. The normalized spacial score (nSPS) is 20.1. The third-order valence-corrected chi connectivity index (χ3v) is 3.01. The minimum absolute atomic E-state index is 0.0770. The maximum atomic E-state index is 11.9. The number of likely N-dealkylation sites (tertiary alicyclic amines) is 1. The van der Waals surface area contributed by atoms with E-state index in [1.165, 1.54) is 0 Å². The smallest absolute Gasteiger partial charge is 0.410 e. The zero-order chi connectivity index (χ0) is 12.3. The third-order valence-electron chi connectivity index (χ3n) is 3.01. The molecule has 1 amide bonds. The number of nitrogens with zero attached hydrogens (tertiary/aromatic N) is 1. The lowest BCUT2D eigenvalue weighted by Crippen LogP contribution is -2.46. The Bertz CT molecular complexity index is 406. The van der Waals surface area contributed by atoms with Crippen LogP contribution >= 0.6 is 0 Å². The van der Waals surface area contributed by atoms with E-state index in [1.807, 2.05) is 25.1 Å². The number of amides is 1. The molecule has 1 saturated heterocycles. The zero-order valence-corrected chi connectivity index (χ0v) is 10.1. The minimum Gasteiger partial charge on any atom is -0.410 e. The Morgan fingerprint density at radius 1 is 1.47 bits per heavy atom. The van der Waals surface area contributed by atoms with Crippen LogP contribution in [0.4, 0.5) is 4.79 Å². The van der Waals surface area contributed by atoms with Gasteiger partial charge < -0.3 is 15.4 Å². The van der Waals surface area contributed by atoms with Gasteiger partial charge in [0.05, 0.1) is 0 Å². The number of carbonyl (C=O) groups excluding carboxylic acids is 1. The van der Waals surface area contributed by atoms with Gasteiger partial charge in [-0.2, -0.15) is 0 Å². The number of ether oxygens (including phenoxy) is 1. The molecular weight excluding hydrogens is 216 g/mol. The molecule has 17 heavy (non-hydrogen) atoms. The topological polar surface area (TPSA) is 55.6 Å². The fraction of sp³-hybridized carbons (Fsp3) is 0.462.